The van der Waals surface area contributed by atoms with Crippen LogP contribution in [-0.2, 0) is 15.0 Å². The lowest BCUT2D eigenvalue weighted by molar-refractivity contribution is -0.132. The number of nitrogens with zero attached hydrogens (tertiary/aromatic N) is 1. The zero-order valence-corrected chi connectivity index (χ0v) is 18.9. The van der Waals surface area contributed by atoms with Crippen LogP contribution in [0.25, 0.3) is 0 Å². The number of carbonyl (C=O) groups is 2. The summed E-state index contributed by atoms with van der Waals surface area (Å²) >= 11 is 5.87. The molecule has 1 aromatic heterocycles. The first-order chi connectivity index (χ1) is 15.5. The van der Waals surface area contributed by atoms with E-state index in [4.69, 9.17) is 11.6 Å². The average molecular weight is 477 g/mol. The summed E-state index contributed by atoms with van der Waals surface area (Å²) < 4.78 is 27.3. The van der Waals surface area contributed by atoms with Gasteiger partial charge in [0.25, 0.3) is 5.91 Å². The summed E-state index contributed by atoms with van der Waals surface area (Å²) in [5.41, 5.74) is 0.355. The SMILES string of the molecule is C[C@H](NC(=O)[C@@H](O)c1cccc(Cl)c1)C(=O)Nc1cc(C(C)(C)c2cc(F)cc(F)c2)[nH]n1. The summed E-state index contributed by atoms with van der Waals surface area (Å²) in [5, 5.41) is 22.3. The molecule has 4 N–H and O–H groups in total. The van der Waals surface area contributed by atoms with E-state index < -0.39 is 41.0 Å². The Kier molecular flexibility index (Phi) is 7.14. The first-order valence-electron chi connectivity index (χ1n) is 10.0. The second-order valence-electron chi connectivity index (χ2n) is 8.13. The number of hydrogen-bond donors (Lipinski definition) is 4. The molecule has 0 saturated heterocycles. The van der Waals surface area contributed by atoms with Gasteiger partial charge in [0, 0.05) is 28.3 Å². The number of aromatic amines is 1. The molecule has 0 radical (unpaired) electrons. The van der Waals surface area contributed by atoms with Gasteiger partial charge in [0.05, 0.1) is 0 Å². The maximum absolute atomic E-state index is 13.6. The highest BCUT2D eigenvalue weighted by atomic mass is 35.5. The Bertz CT molecular complexity index is 1160. The summed E-state index contributed by atoms with van der Waals surface area (Å²) in [6, 6.07) is 9.99. The Labute approximate surface area is 194 Å². The van der Waals surface area contributed by atoms with Crippen molar-refractivity contribution < 1.29 is 23.5 Å². The predicted molar refractivity (Wildman–Crippen MR) is 120 cm³/mol. The van der Waals surface area contributed by atoms with Crippen molar-refractivity contribution in [1.82, 2.24) is 15.5 Å². The molecule has 0 fully saturated rings. The molecule has 174 valence electrons. The Morgan fingerprint density at radius 2 is 1.76 bits per heavy atom. The van der Waals surface area contributed by atoms with E-state index in [9.17, 15) is 23.5 Å². The van der Waals surface area contributed by atoms with Crippen molar-refractivity contribution in [3.8, 4) is 0 Å². The van der Waals surface area contributed by atoms with Crippen molar-refractivity contribution in [1.29, 1.82) is 0 Å². The van der Waals surface area contributed by atoms with Gasteiger partial charge in [-0.3, -0.25) is 14.7 Å². The van der Waals surface area contributed by atoms with Crippen molar-refractivity contribution >= 4 is 29.2 Å². The van der Waals surface area contributed by atoms with E-state index in [1.165, 1.54) is 31.2 Å². The fourth-order valence-corrected chi connectivity index (χ4v) is 3.40. The van der Waals surface area contributed by atoms with Gasteiger partial charge in [0.2, 0.25) is 5.91 Å². The van der Waals surface area contributed by atoms with Crippen LogP contribution in [0.3, 0.4) is 0 Å². The average Bonchev–Trinajstić information content (AvgIpc) is 3.21. The number of hydrogen-bond acceptors (Lipinski definition) is 4. The molecule has 7 nitrogen and oxygen atoms in total. The minimum atomic E-state index is -1.50. The molecular formula is C23H23ClF2N4O3. The number of amides is 2. The van der Waals surface area contributed by atoms with Gasteiger partial charge in [-0.1, -0.05) is 37.6 Å². The predicted octanol–water partition coefficient (Wildman–Crippen LogP) is 3.84. The number of carbonyl (C=O) groups excluding carboxylic acids is 2. The standard InChI is InChI=1S/C23H23ClF2N4O3/c1-12(27-22(33)20(31)13-5-4-6-15(24)7-13)21(32)28-19-11-18(29-30-19)23(2,3)14-8-16(25)10-17(26)9-14/h4-12,20,31H,1-3H3,(H,27,33)(H2,28,29,30,32)/t12-,20-/m0/s1. The van der Waals surface area contributed by atoms with Crippen LogP contribution in [0.2, 0.25) is 5.02 Å². The van der Waals surface area contributed by atoms with Gasteiger partial charge in [0.1, 0.15) is 17.7 Å². The highest BCUT2D eigenvalue weighted by Gasteiger charge is 2.28. The number of halogens is 3. The summed E-state index contributed by atoms with van der Waals surface area (Å²) in [6.07, 6.45) is -1.50. The monoisotopic (exact) mass is 476 g/mol. The highest BCUT2D eigenvalue weighted by Crippen LogP contribution is 2.32. The first kappa shape index (κ1) is 24.3. The number of nitrogens with one attached hydrogen (secondary N) is 3. The Morgan fingerprint density at radius 1 is 1.09 bits per heavy atom. The molecule has 0 aliphatic rings. The highest BCUT2D eigenvalue weighted by molar-refractivity contribution is 6.30. The molecular weight excluding hydrogens is 454 g/mol. The number of aliphatic hydroxyl groups is 1. The van der Waals surface area contributed by atoms with Gasteiger partial charge in [-0.15, -0.1) is 0 Å². The third-order valence-corrected chi connectivity index (χ3v) is 5.49. The van der Waals surface area contributed by atoms with Crippen molar-refractivity contribution in [3.63, 3.8) is 0 Å². The number of H-pyrrole nitrogens is 1. The van der Waals surface area contributed by atoms with E-state index in [1.54, 1.807) is 32.0 Å². The summed E-state index contributed by atoms with van der Waals surface area (Å²) in [7, 11) is 0. The van der Waals surface area contributed by atoms with Gasteiger partial charge in [-0.2, -0.15) is 5.10 Å². The van der Waals surface area contributed by atoms with Crippen LogP contribution in [0.1, 0.15) is 43.7 Å². The third-order valence-electron chi connectivity index (χ3n) is 5.25. The zero-order chi connectivity index (χ0) is 24.3. The van der Waals surface area contributed by atoms with E-state index in [-0.39, 0.29) is 5.82 Å². The van der Waals surface area contributed by atoms with Crippen LogP contribution in [0.5, 0.6) is 0 Å². The third kappa shape index (κ3) is 5.74. The molecule has 0 aliphatic carbocycles. The van der Waals surface area contributed by atoms with Crippen molar-refractivity contribution in [2.45, 2.75) is 38.3 Å². The maximum atomic E-state index is 13.6. The smallest absolute Gasteiger partial charge is 0.254 e. The van der Waals surface area contributed by atoms with Crippen LogP contribution in [0.4, 0.5) is 14.6 Å². The van der Waals surface area contributed by atoms with Gasteiger partial charge >= 0.3 is 0 Å². The normalized spacial score (nSPS) is 13.3. The first-order valence-corrected chi connectivity index (χ1v) is 10.4. The maximum Gasteiger partial charge on any atom is 0.254 e. The lowest BCUT2D eigenvalue weighted by atomic mass is 9.81. The number of aliphatic hydroxyl groups excluding tert-OH is 1. The van der Waals surface area contributed by atoms with E-state index in [0.717, 1.165) is 6.07 Å². The Balaban J connectivity index is 1.65. The molecule has 0 saturated carbocycles. The molecule has 0 unspecified atom stereocenters. The summed E-state index contributed by atoms with van der Waals surface area (Å²) in [5.74, 6) is -2.58. The Morgan fingerprint density at radius 3 is 2.39 bits per heavy atom. The summed E-state index contributed by atoms with van der Waals surface area (Å²) in [4.78, 5) is 24.8. The molecule has 3 rings (SSSR count). The number of aromatic nitrogens is 2. The second kappa shape index (κ2) is 9.68. The number of rotatable bonds is 7. The topological polar surface area (TPSA) is 107 Å². The van der Waals surface area contributed by atoms with Gasteiger partial charge in [-0.05, 0) is 42.3 Å². The fourth-order valence-electron chi connectivity index (χ4n) is 3.20. The van der Waals surface area contributed by atoms with Crippen molar-refractivity contribution in [2.75, 3.05) is 5.32 Å². The zero-order valence-electron chi connectivity index (χ0n) is 18.1. The van der Waals surface area contributed by atoms with E-state index in [2.05, 4.69) is 20.8 Å². The van der Waals surface area contributed by atoms with Crippen LogP contribution in [-0.4, -0.2) is 33.2 Å². The lowest BCUT2D eigenvalue weighted by Crippen LogP contribution is -2.43. The van der Waals surface area contributed by atoms with Gasteiger partial charge in [-0.25, -0.2) is 8.78 Å². The largest absolute Gasteiger partial charge is 0.378 e. The number of anilines is 1. The van der Waals surface area contributed by atoms with Crippen molar-refractivity contribution in [3.05, 3.63) is 82.0 Å². The molecule has 2 amide bonds. The fraction of sp³-hybridized carbons (Fsp3) is 0.261. The van der Waals surface area contributed by atoms with Crippen molar-refractivity contribution in [2.24, 2.45) is 0 Å². The van der Waals surface area contributed by atoms with E-state index in [1.807, 2.05) is 0 Å². The second-order valence-corrected chi connectivity index (χ2v) is 8.56. The Hall–Kier alpha value is -3.30. The molecule has 33 heavy (non-hydrogen) atoms. The lowest BCUT2D eigenvalue weighted by Gasteiger charge is -2.23. The molecule has 0 aliphatic heterocycles. The van der Waals surface area contributed by atoms with E-state index in [0.29, 0.717) is 21.8 Å². The minimum Gasteiger partial charge on any atom is -0.378 e. The molecule has 2 atom stereocenters. The quantitative estimate of drug-likeness (QED) is 0.415. The molecule has 0 spiro atoms. The molecule has 10 heteroatoms. The number of benzene rings is 2. The van der Waals surface area contributed by atoms with Crippen LogP contribution in [0, 0.1) is 11.6 Å². The molecule has 0 bridgehead atoms. The molecule has 2 aromatic carbocycles. The van der Waals surface area contributed by atoms with Gasteiger partial charge in [0.15, 0.2) is 11.9 Å². The van der Waals surface area contributed by atoms with E-state index >= 15 is 0 Å². The molecule has 3 aromatic rings. The van der Waals surface area contributed by atoms with Crippen LogP contribution in [0.15, 0.2) is 48.5 Å². The van der Waals surface area contributed by atoms with Gasteiger partial charge < -0.3 is 15.7 Å². The minimum absolute atomic E-state index is 0.163. The summed E-state index contributed by atoms with van der Waals surface area (Å²) in [6.45, 7) is 4.95. The van der Waals surface area contributed by atoms with Crippen LogP contribution >= 0.6 is 11.6 Å². The van der Waals surface area contributed by atoms with Crippen LogP contribution < -0.4 is 10.6 Å². The molecule has 1 heterocycles.